The Balaban J connectivity index is 1.33. The third-order valence-corrected chi connectivity index (χ3v) is 8.20. The second-order valence-corrected chi connectivity index (χ2v) is 10.8. The van der Waals surface area contributed by atoms with Crippen LogP contribution < -0.4 is 10.1 Å². The zero-order valence-corrected chi connectivity index (χ0v) is 21.9. The average Bonchev–Trinajstić information content (AvgIpc) is 3.53. The standard InChI is InChI=1S/C33H38N2O2/c1-2-3-18-35-19-16-29(22-35)37-28-11-7-23(8-12-28)33-30(25-9-14-32-26(20-25)15-17-34-32)6-4-5-24-21-27(36)10-13-31(24)33/h7-14,20-21,29,34,36H,2-6,15-19,22H2,1H3/t29-/m0/s1. The van der Waals surface area contributed by atoms with Crippen molar-refractivity contribution in [2.24, 2.45) is 0 Å². The molecule has 0 amide bonds. The molecule has 37 heavy (non-hydrogen) atoms. The van der Waals surface area contributed by atoms with Crippen molar-refractivity contribution in [2.45, 2.75) is 58.0 Å². The third-order valence-electron chi connectivity index (χ3n) is 8.20. The number of phenols is 1. The van der Waals surface area contributed by atoms with E-state index in [1.165, 1.54) is 64.0 Å². The third kappa shape index (κ3) is 5.13. The maximum absolute atomic E-state index is 10.2. The first-order chi connectivity index (χ1) is 18.2. The number of hydrogen-bond donors (Lipinski definition) is 2. The summed E-state index contributed by atoms with van der Waals surface area (Å²) in [6.07, 6.45) is 8.03. The number of unbranched alkanes of at least 4 members (excludes halogenated alkanes) is 1. The monoisotopic (exact) mass is 494 g/mol. The van der Waals surface area contributed by atoms with Crippen molar-refractivity contribution in [2.75, 3.05) is 31.5 Å². The lowest BCUT2D eigenvalue weighted by Crippen LogP contribution is -2.25. The Morgan fingerprint density at radius 1 is 0.946 bits per heavy atom. The van der Waals surface area contributed by atoms with E-state index in [1.54, 1.807) is 0 Å². The summed E-state index contributed by atoms with van der Waals surface area (Å²) in [5, 5.41) is 13.7. The Morgan fingerprint density at radius 2 is 1.81 bits per heavy atom. The summed E-state index contributed by atoms with van der Waals surface area (Å²) in [5.74, 6) is 1.30. The summed E-state index contributed by atoms with van der Waals surface area (Å²) in [5.41, 5.74) is 10.4. The molecule has 0 aromatic heterocycles. The topological polar surface area (TPSA) is 44.7 Å². The van der Waals surface area contributed by atoms with Gasteiger partial charge in [0.05, 0.1) is 0 Å². The van der Waals surface area contributed by atoms with Crippen molar-refractivity contribution in [3.63, 3.8) is 0 Å². The fourth-order valence-electron chi connectivity index (χ4n) is 6.26. The number of likely N-dealkylation sites (tertiary alicyclic amines) is 1. The molecular formula is C33H38N2O2. The molecule has 3 aliphatic rings. The largest absolute Gasteiger partial charge is 0.508 e. The molecule has 1 atom stereocenters. The van der Waals surface area contributed by atoms with Crippen LogP contribution in [0.25, 0.3) is 11.1 Å². The van der Waals surface area contributed by atoms with Crippen LogP contribution in [-0.2, 0) is 12.8 Å². The van der Waals surface area contributed by atoms with Gasteiger partial charge in [0.1, 0.15) is 17.6 Å². The number of hydrogen-bond acceptors (Lipinski definition) is 4. The lowest BCUT2D eigenvalue weighted by atomic mass is 9.87. The van der Waals surface area contributed by atoms with E-state index in [0.29, 0.717) is 5.75 Å². The lowest BCUT2D eigenvalue weighted by molar-refractivity contribution is 0.199. The molecule has 2 N–H and O–H groups in total. The molecule has 0 unspecified atom stereocenters. The molecule has 0 bridgehead atoms. The van der Waals surface area contributed by atoms with Gasteiger partial charge in [-0.05, 0) is 120 Å². The highest BCUT2D eigenvalue weighted by molar-refractivity contribution is 6.00. The van der Waals surface area contributed by atoms with Gasteiger partial charge in [0, 0.05) is 25.3 Å². The average molecular weight is 495 g/mol. The Kier molecular flexibility index (Phi) is 6.93. The molecule has 4 nitrogen and oxygen atoms in total. The number of ether oxygens (including phenoxy) is 1. The first kappa shape index (κ1) is 24.1. The molecule has 4 heteroatoms. The number of benzene rings is 3. The SMILES string of the molecule is CCCCN1CC[C@H](Oc2ccc(C3=C(c4ccc5c(c4)CCN5)CCCc4cc(O)ccc43)cc2)C1. The van der Waals surface area contributed by atoms with E-state index >= 15 is 0 Å². The predicted molar refractivity (Wildman–Crippen MR) is 152 cm³/mol. The maximum atomic E-state index is 10.2. The Morgan fingerprint density at radius 3 is 2.68 bits per heavy atom. The predicted octanol–water partition coefficient (Wildman–Crippen LogP) is 6.91. The summed E-state index contributed by atoms with van der Waals surface area (Å²) < 4.78 is 6.40. The van der Waals surface area contributed by atoms with Crippen LogP contribution in [0.4, 0.5) is 5.69 Å². The van der Waals surface area contributed by atoms with Crippen molar-refractivity contribution < 1.29 is 9.84 Å². The summed E-state index contributed by atoms with van der Waals surface area (Å²) in [4.78, 5) is 2.53. The van der Waals surface area contributed by atoms with E-state index in [9.17, 15) is 5.11 Å². The molecule has 1 saturated heterocycles. The maximum Gasteiger partial charge on any atom is 0.119 e. The van der Waals surface area contributed by atoms with Gasteiger partial charge in [0.2, 0.25) is 0 Å². The van der Waals surface area contributed by atoms with Gasteiger partial charge < -0.3 is 15.2 Å². The van der Waals surface area contributed by atoms with E-state index in [0.717, 1.165) is 57.5 Å². The first-order valence-corrected chi connectivity index (χ1v) is 14.1. The van der Waals surface area contributed by atoms with Crippen LogP contribution >= 0.6 is 0 Å². The number of aromatic hydroxyl groups is 1. The van der Waals surface area contributed by atoms with E-state index in [2.05, 4.69) is 65.7 Å². The second-order valence-electron chi connectivity index (χ2n) is 10.8. The van der Waals surface area contributed by atoms with Gasteiger partial charge in [0.25, 0.3) is 0 Å². The van der Waals surface area contributed by atoms with Crippen LogP contribution in [0.2, 0.25) is 0 Å². The summed E-state index contributed by atoms with van der Waals surface area (Å²) in [6.45, 7) is 6.62. The highest BCUT2D eigenvalue weighted by Gasteiger charge is 2.24. The molecule has 0 spiro atoms. The van der Waals surface area contributed by atoms with Crippen molar-refractivity contribution in [3.8, 4) is 11.5 Å². The summed E-state index contributed by atoms with van der Waals surface area (Å²) in [7, 11) is 0. The van der Waals surface area contributed by atoms with Crippen LogP contribution in [0.5, 0.6) is 11.5 Å². The van der Waals surface area contributed by atoms with Gasteiger partial charge in [-0.2, -0.15) is 0 Å². The second kappa shape index (κ2) is 10.6. The molecule has 6 rings (SSSR count). The number of fused-ring (bicyclic) bond motifs is 2. The molecule has 0 saturated carbocycles. The van der Waals surface area contributed by atoms with Crippen molar-refractivity contribution >= 4 is 16.8 Å². The Bertz CT molecular complexity index is 1290. The van der Waals surface area contributed by atoms with Crippen LogP contribution in [0.3, 0.4) is 0 Å². The number of rotatable bonds is 7. The van der Waals surface area contributed by atoms with Crippen LogP contribution in [0.15, 0.2) is 60.7 Å². The smallest absolute Gasteiger partial charge is 0.119 e. The fourth-order valence-corrected chi connectivity index (χ4v) is 6.26. The molecule has 192 valence electrons. The zero-order chi connectivity index (χ0) is 25.2. The minimum Gasteiger partial charge on any atom is -0.508 e. The molecule has 1 aliphatic carbocycles. The van der Waals surface area contributed by atoms with Gasteiger partial charge in [-0.1, -0.05) is 37.6 Å². The van der Waals surface area contributed by atoms with Crippen molar-refractivity contribution in [3.05, 3.63) is 88.5 Å². The van der Waals surface area contributed by atoms with Gasteiger partial charge in [0.15, 0.2) is 0 Å². The zero-order valence-electron chi connectivity index (χ0n) is 21.9. The number of allylic oxidation sites excluding steroid dienone is 1. The van der Waals surface area contributed by atoms with Crippen LogP contribution in [0, 0.1) is 0 Å². The lowest BCUT2D eigenvalue weighted by Gasteiger charge is -2.19. The number of anilines is 1. The number of aryl methyl sites for hydroxylation is 1. The van der Waals surface area contributed by atoms with E-state index in [-0.39, 0.29) is 6.10 Å². The molecule has 2 heterocycles. The number of nitrogens with zero attached hydrogens (tertiary/aromatic N) is 1. The molecule has 3 aromatic rings. The number of nitrogens with one attached hydrogen (secondary N) is 1. The van der Waals surface area contributed by atoms with Gasteiger partial charge in [-0.3, -0.25) is 4.90 Å². The highest BCUT2D eigenvalue weighted by Crippen LogP contribution is 2.42. The molecule has 2 aliphatic heterocycles. The summed E-state index contributed by atoms with van der Waals surface area (Å²) >= 11 is 0. The minimum absolute atomic E-state index is 0.277. The van der Waals surface area contributed by atoms with Crippen LogP contribution in [-0.4, -0.2) is 42.3 Å². The Labute approximate surface area is 221 Å². The Hall–Kier alpha value is -3.24. The molecular weight excluding hydrogens is 456 g/mol. The normalized spacial score (nSPS) is 19.3. The fraction of sp³-hybridized carbons (Fsp3) is 0.394. The van der Waals surface area contributed by atoms with E-state index < -0.39 is 0 Å². The van der Waals surface area contributed by atoms with Gasteiger partial charge >= 0.3 is 0 Å². The number of phenolic OH excluding ortho intramolecular Hbond substituents is 1. The molecule has 1 fully saturated rings. The van der Waals surface area contributed by atoms with Gasteiger partial charge in [-0.15, -0.1) is 0 Å². The highest BCUT2D eigenvalue weighted by atomic mass is 16.5. The van der Waals surface area contributed by atoms with Crippen LogP contribution in [0.1, 0.15) is 66.8 Å². The van der Waals surface area contributed by atoms with Crippen molar-refractivity contribution in [1.29, 1.82) is 0 Å². The molecule has 0 radical (unpaired) electrons. The van der Waals surface area contributed by atoms with E-state index in [4.69, 9.17) is 4.74 Å². The van der Waals surface area contributed by atoms with E-state index in [1.807, 2.05) is 12.1 Å². The quantitative estimate of drug-likeness (QED) is 0.375. The summed E-state index contributed by atoms with van der Waals surface area (Å²) in [6, 6.07) is 21.5. The molecule has 3 aromatic carbocycles. The van der Waals surface area contributed by atoms with Crippen molar-refractivity contribution in [1.82, 2.24) is 4.90 Å². The van der Waals surface area contributed by atoms with Gasteiger partial charge in [-0.25, -0.2) is 0 Å². The minimum atomic E-state index is 0.277. The first-order valence-electron chi connectivity index (χ1n) is 14.1.